The Labute approximate surface area is 220 Å². The fraction of sp³-hybridized carbons (Fsp3) is 0.906. The van der Waals surface area contributed by atoms with E-state index in [4.69, 9.17) is 6.42 Å². The normalized spacial score (nSPS) is 46.7. The minimum Gasteiger partial charge on any atom is -0.393 e. The van der Waals surface area contributed by atoms with Crippen molar-refractivity contribution in [3.05, 3.63) is 0 Å². The van der Waals surface area contributed by atoms with E-state index in [2.05, 4.69) is 33.6 Å². The van der Waals surface area contributed by atoms with Crippen LogP contribution in [0.3, 0.4) is 0 Å². The molecule has 5 rings (SSSR count). The third kappa shape index (κ3) is 4.35. The molecule has 0 aromatic heterocycles. The van der Waals surface area contributed by atoms with Crippen LogP contribution >= 0.6 is 0 Å². The number of terminal acetylenes is 1. The standard InChI is InChI=1S/C32H51NO3/c1-6-30(3)15-17-33(18-16-30)28(36)12-7-21(2)25-10-11-26-24-9-8-22-19-23(34)13-14-31(22,4)29(24)27(35)20-32(25,26)5/h1,21-27,29,34-35H,7-20H2,2-5H3/t21-,22+,23+,24+,25-,26+,27+,29-,31+,32-/m1/s1. The van der Waals surface area contributed by atoms with Gasteiger partial charge in [0.05, 0.1) is 12.2 Å². The van der Waals surface area contributed by atoms with E-state index in [1.807, 2.05) is 4.90 Å². The molecule has 5 aliphatic rings. The summed E-state index contributed by atoms with van der Waals surface area (Å²) in [5, 5.41) is 22.0. The maximum Gasteiger partial charge on any atom is 0.222 e. The molecular formula is C32H51NO3. The van der Waals surface area contributed by atoms with Gasteiger partial charge in [-0.15, -0.1) is 12.3 Å². The number of amides is 1. The van der Waals surface area contributed by atoms with Gasteiger partial charge in [-0.2, -0.15) is 0 Å². The van der Waals surface area contributed by atoms with Crippen LogP contribution < -0.4 is 0 Å². The first kappa shape index (κ1) is 26.6. The van der Waals surface area contributed by atoms with Crippen LogP contribution in [-0.4, -0.2) is 46.3 Å². The lowest BCUT2D eigenvalue weighted by molar-refractivity contribution is -0.179. The second kappa shape index (κ2) is 9.60. The van der Waals surface area contributed by atoms with Gasteiger partial charge in [-0.3, -0.25) is 4.79 Å². The van der Waals surface area contributed by atoms with Gasteiger partial charge in [0.2, 0.25) is 5.91 Å². The second-order valence-electron chi connectivity index (χ2n) is 14.6. The van der Waals surface area contributed by atoms with Gasteiger partial charge in [0.1, 0.15) is 0 Å². The van der Waals surface area contributed by atoms with Crippen molar-refractivity contribution in [2.75, 3.05) is 13.1 Å². The van der Waals surface area contributed by atoms with Crippen molar-refractivity contribution in [2.45, 2.75) is 117 Å². The first-order chi connectivity index (χ1) is 17.0. The molecule has 1 aliphatic heterocycles. The number of nitrogens with zero attached hydrogens (tertiary/aromatic N) is 1. The van der Waals surface area contributed by atoms with Crippen LogP contribution in [0.4, 0.5) is 0 Å². The molecule has 0 unspecified atom stereocenters. The molecule has 0 aromatic carbocycles. The van der Waals surface area contributed by atoms with Crippen LogP contribution in [0.15, 0.2) is 0 Å². The van der Waals surface area contributed by atoms with Crippen molar-refractivity contribution in [3.63, 3.8) is 0 Å². The minimum absolute atomic E-state index is 0.0508. The number of rotatable bonds is 4. The highest BCUT2D eigenvalue weighted by Crippen LogP contribution is 2.68. The van der Waals surface area contributed by atoms with Crippen molar-refractivity contribution in [1.29, 1.82) is 0 Å². The van der Waals surface area contributed by atoms with Crippen LogP contribution in [-0.2, 0) is 4.79 Å². The molecule has 4 heteroatoms. The van der Waals surface area contributed by atoms with E-state index in [1.54, 1.807) is 0 Å². The first-order valence-corrected chi connectivity index (χ1v) is 15.1. The summed E-state index contributed by atoms with van der Waals surface area (Å²) in [4.78, 5) is 15.1. The number of carbonyl (C=O) groups is 1. The van der Waals surface area contributed by atoms with Gasteiger partial charge in [0.15, 0.2) is 0 Å². The zero-order valence-electron chi connectivity index (χ0n) is 23.3. The summed E-state index contributed by atoms with van der Waals surface area (Å²) in [6.45, 7) is 11.0. The number of fused-ring (bicyclic) bond motifs is 5. The quantitative estimate of drug-likeness (QED) is 0.493. The molecule has 36 heavy (non-hydrogen) atoms. The molecule has 202 valence electrons. The third-order valence-electron chi connectivity index (χ3n) is 12.7. The van der Waals surface area contributed by atoms with Crippen LogP contribution in [0.2, 0.25) is 0 Å². The summed E-state index contributed by atoms with van der Waals surface area (Å²) >= 11 is 0. The van der Waals surface area contributed by atoms with Crippen LogP contribution in [0, 0.1) is 64.1 Å². The highest BCUT2D eigenvalue weighted by molar-refractivity contribution is 5.76. The van der Waals surface area contributed by atoms with Gasteiger partial charge in [-0.05, 0) is 124 Å². The lowest BCUT2D eigenvalue weighted by Crippen LogP contribution is -2.59. The highest BCUT2D eigenvalue weighted by Gasteiger charge is 2.63. The number of aliphatic hydroxyl groups excluding tert-OH is 2. The average Bonchev–Trinajstić information content (AvgIpc) is 3.19. The summed E-state index contributed by atoms with van der Waals surface area (Å²) in [6.07, 6.45) is 17.5. The largest absolute Gasteiger partial charge is 0.393 e. The van der Waals surface area contributed by atoms with Crippen molar-refractivity contribution >= 4 is 5.91 Å². The van der Waals surface area contributed by atoms with Gasteiger partial charge in [-0.1, -0.05) is 20.8 Å². The van der Waals surface area contributed by atoms with E-state index in [0.29, 0.717) is 47.8 Å². The van der Waals surface area contributed by atoms with E-state index in [0.717, 1.165) is 58.0 Å². The van der Waals surface area contributed by atoms with E-state index in [9.17, 15) is 15.0 Å². The lowest BCUT2D eigenvalue weighted by atomic mass is 9.43. The Morgan fingerprint density at radius 3 is 2.44 bits per heavy atom. The Kier molecular flexibility index (Phi) is 7.08. The fourth-order valence-electron chi connectivity index (χ4n) is 10.4. The fourth-order valence-corrected chi connectivity index (χ4v) is 10.4. The molecular weight excluding hydrogens is 446 g/mol. The van der Waals surface area contributed by atoms with Crippen molar-refractivity contribution < 1.29 is 15.0 Å². The Morgan fingerprint density at radius 1 is 1.03 bits per heavy atom. The Hall–Kier alpha value is -1.05. The van der Waals surface area contributed by atoms with E-state index in [-0.39, 0.29) is 28.5 Å². The molecule has 10 atom stereocenters. The minimum atomic E-state index is -0.229. The second-order valence-corrected chi connectivity index (χ2v) is 14.6. The number of aliphatic hydroxyl groups is 2. The first-order valence-electron chi connectivity index (χ1n) is 15.1. The summed E-state index contributed by atoms with van der Waals surface area (Å²) in [5.41, 5.74) is 0.313. The van der Waals surface area contributed by atoms with E-state index in [1.165, 1.54) is 25.7 Å². The Bertz CT molecular complexity index is 871. The maximum atomic E-state index is 13.0. The molecule has 0 radical (unpaired) electrons. The average molecular weight is 498 g/mol. The van der Waals surface area contributed by atoms with Crippen LogP contribution in [0.1, 0.15) is 105 Å². The van der Waals surface area contributed by atoms with Crippen molar-refractivity contribution in [2.24, 2.45) is 51.8 Å². The summed E-state index contributed by atoms with van der Waals surface area (Å²) in [5.74, 6) is 6.61. The lowest BCUT2D eigenvalue weighted by Gasteiger charge is -2.62. The third-order valence-corrected chi connectivity index (χ3v) is 12.7. The molecule has 2 N–H and O–H groups in total. The zero-order valence-corrected chi connectivity index (χ0v) is 23.3. The molecule has 0 aromatic rings. The SMILES string of the molecule is C#CC1(C)CCN(C(=O)CC[C@@H](C)[C@H]2CC[C@H]3[C@@H]4CC[C@H]5C[C@@H](O)CC[C@]5(C)[C@H]4[C@@H](O)C[C@]23C)CC1. The molecule has 0 spiro atoms. The molecule has 1 saturated heterocycles. The number of hydrogen-bond acceptors (Lipinski definition) is 3. The maximum absolute atomic E-state index is 13.0. The number of piperidine rings is 1. The smallest absolute Gasteiger partial charge is 0.222 e. The molecule has 4 nitrogen and oxygen atoms in total. The number of likely N-dealkylation sites (tertiary alicyclic amines) is 1. The summed E-state index contributed by atoms with van der Waals surface area (Å²) < 4.78 is 0. The summed E-state index contributed by atoms with van der Waals surface area (Å²) in [6, 6.07) is 0. The predicted octanol–water partition coefficient (Wildman–Crippen LogP) is 5.66. The number of hydrogen-bond donors (Lipinski definition) is 2. The molecule has 1 heterocycles. The Morgan fingerprint density at radius 2 is 1.75 bits per heavy atom. The van der Waals surface area contributed by atoms with Gasteiger partial charge in [-0.25, -0.2) is 0 Å². The van der Waals surface area contributed by atoms with Crippen molar-refractivity contribution in [1.82, 2.24) is 4.90 Å². The van der Waals surface area contributed by atoms with Gasteiger partial charge in [0.25, 0.3) is 0 Å². The molecule has 4 saturated carbocycles. The molecule has 0 bridgehead atoms. The monoisotopic (exact) mass is 497 g/mol. The van der Waals surface area contributed by atoms with Gasteiger partial charge >= 0.3 is 0 Å². The molecule has 4 aliphatic carbocycles. The Balaban J connectivity index is 1.22. The molecule has 5 fully saturated rings. The summed E-state index contributed by atoms with van der Waals surface area (Å²) in [7, 11) is 0. The van der Waals surface area contributed by atoms with Crippen molar-refractivity contribution in [3.8, 4) is 12.3 Å². The predicted molar refractivity (Wildman–Crippen MR) is 144 cm³/mol. The zero-order chi connectivity index (χ0) is 25.9. The van der Waals surface area contributed by atoms with Gasteiger partial charge in [0, 0.05) is 24.9 Å². The highest BCUT2D eigenvalue weighted by atomic mass is 16.3. The topological polar surface area (TPSA) is 60.8 Å². The van der Waals surface area contributed by atoms with Crippen LogP contribution in [0.25, 0.3) is 0 Å². The van der Waals surface area contributed by atoms with Gasteiger partial charge < -0.3 is 15.1 Å². The van der Waals surface area contributed by atoms with Crippen LogP contribution in [0.5, 0.6) is 0 Å². The molecule has 1 amide bonds. The number of carbonyl (C=O) groups excluding carboxylic acids is 1. The van der Waals surface area contributed by atoms with E-state index >= 15 is 0 Å². The van der Waals surface area contributed by atoms with E-state index < -0.39 is 0 Å².